The van der Waals surface area contributed by atoms with Crippen molar-refractivity contribution < 1.29 is 52.8 Å². The van der Waals surface area contributed by atoms with Crippen molar-refractivity contribution in [3.63, 3.8) is 0 Å². The van der Waals surface area contributed by atoms with E-state index in [9.17, 15) is 33.9 Å². The molecular formula is C32H39N3O11S. The number of hydrogen-bond donors (Lipinski definition) is 1. The molecule has 0 spiro atoms. The van der Waals surface area contributed by atoms with Crippen molar-refractivity contribution in [2.45, 2.75) is 63.0 Å². The summed E-state index contributed by atoms with van der Waals surface area (Å²) in [5.74, 6) is -4.08. The average molecular weight is 674 g/mol. The zero-order chi connectivity index (χ0) is 34.0. The number of nitrogens with zero attached hydrogens (tertiary/aromatic N) is 3. The van der Waals surface area contributed by atoms with Gasteiger partial charge in [0, 0.05) is 36.7 Å². The highest BCUT2D eigenvalue weighted by Crippen LogP contribution is 2.52. The van der Waals surface area contributed by atoms with Crippen molar-refractivity contribution in [2.24, 2.45) is 17.8 Å². The molecule has 1 aromatic carbocycles. The van der Waals surface area contributed by atoms with Crippen molar-refractivity contribution in [2.75, 3.05) is 34.2 Å². The molecule has 14 nitrogen and oxygen atoms in total. The number of amides is 3. The third-order valence-corrected chi connectivity index (χ3v) is 10.5. The minimum atomic E-state index is -0.961. The van der Waals surface area contributed by atoms with Crippen LogP contribution < -0.4 is 0 Å². The molecule has 1 saturated carbocycles. The van der Waals surface area contributed by atoms with Gasteiger partial charge < -0.3 is 33.9 Å². The number of hydrogen-bond acceptors (Lipinski definition) is 12. The maximum absolute atomic E-state index is 13.5. The zero-order valence-corrected chi connectivity index (χ0v) is 27.5. The van der Waals surface area contributed by atoms with Crippen LogP contribution in [0, 0.1) is 17.8 Å². The Kier molecular flexibility index (Phi) is 10.4. The summed E-state index contributed by atoms with van der Waals surface area (Å²) in [6.45, 7) is 2.15. The Morgan fingerprint density at radius 2 is 1.66 bits per heavy atom. The number of rotatable bonds is 11. The number of likely N-dealkylation sites (tertiary alicyclic amines) is 1. The first-order valence-electron chi connectivity index (χ1n) is 15.5. The number of carbonyl (C=O) groups excluding carboxylic acids is 6. The van der Waals surface area contributed by atoms with Gasteiger partial charge in [-0.15, -0.1) is 11.8 Å². The Morgan fingerprint density at radius 3 is 2.28 bits per heavy atom. The van der Waals surface area contributed by atoms with Crippen LogP contribution in [0.1, 0.15) is 49.9 Å². The highest BCUT2D eigenvalue weighted by atomic mass is 32.2. The molecule has 0 aromatic heterocycles. The average Bonchev–Trinajstić information content (AvgIpc) is 3.53. The molecule has 4 aliphatic rings. The fraction of sp³-hybridized carbons (Fsp3) is 0.562. The number of benzene rings is 1. The van der Waals surface area contributed by atoms with Crippen molar-refractivity contribution >= 4 is 47.6 Å². The van der Waals surface area contributed by atoms with Crippen LogP contribution >= 0.6 is 11.8 Å². The first kappa shape index (κ1) is 34.2. The number of likely N-dealkylation sites (N-methyl/N-ethyl adjacent to an activating group) is 1. The number of thioether (sulfide) groups is 1. The smallest absolute Gasteiger partial charge is 0.413 e. The molecule has 0 radical (unpaired) electrons. The van der Waals surface area contributed by atoms with E-state index in [0.29, 0.717) is 4.91 Å². The van der Waals surface area contributed by atoms with E-state index in [-0.39, 0.29) is 42.0 Å². The van der Waals surface area contributed by atoms with Crippen molar-refractivity contribution in [1.82, 2.24) is 14.7 Å². The van der Waals surface area contributed by atoms with Crippen molar-refractivity contribution in [1.29, 1.82) is 0 Å². The Bertz CT molecular complexity index is 1440. The topological polar surface area (TPSA) is 169 Å². The number of aliphatic hydroxyl groups is 1. The largest absolute Gasteiger partial charge is 0.428 e. The molecule has 3 amide bonds. The first-order valence-corrected chi connectivity index (χ1v) is 16.4. The fourth-order valence-corrected chi connectivity index (χ4v) is 7.83. The van der Waals surface area contributed by atoms with Gasteiger partial charge in [-0.25, -0.2) is 14.4 Å². The van der Waals surface area contributed by atoms with Crippen LogP contribution in [0.15, 0.2) is 40.9 Å². The molecule has 3 heterocycles. The predicted octanol–water partition coefficient (Wildman–Crippen LogP) is 2.11. The van der Waals surface area contributed by atoms with Gasteiger partial charge in [-0.1, -0.05) is 31.5 Å². The SMILES string of the molecule is CC1C(S[C@H]2C[C@@H](C(=O)N(C)C)N(C(=O)OCOC(=O)C3CCC3)C2)=C(C(=O)OCOC(=O)c2ccccc2)N2C(=O)C([C@@H](C)O)C12. The van der Waals surface area contributed by atoms with E-state index in [1.165, 1.54) is 33.4 Å². The van der Waals surface area contributed by atoms with Gasteiger partial charge in [0.25, 0.3) is 0 Å². The lowest BCUT2D eigenvalue weighted by Crippen LogP contribution is -2.63. The summed E-state index contributed by atoms with van der Waals surface area (Å²) in [4.78, 5) is 81.7. The second-order valence-corrected chi connectivity index (χ2v) is 13.7. The molecule has 5 rings (SSSR count). The Morgan fingerprint density at radius 1 is 1.00 bits per heavy atom. The molecular weight excluding hydrogens is 634 g/mol. The highest BCUT2D eigenvalue weighted by molar-refractivity contribution is 8.03. The maximum atomic E-state index is 13.5. The van der Waals surface area contributed by atoms with Gasteiger partial charge in [0.1, 0.15) is 11.7 Å². The van der Waals surface area contributed by atoms with Crippen LogP contribution in [0.4, 0.5) is 4.79 Å². The predicted molar refractivity (Wildman–Crippen MR) is 165 cm³/mol. The van der Waals surface area contributed by atoms with Gasteiger partial charge in [0.05, 0.1) is 29.5 Å². The lowest BCUT2D eigenvalue weighted by atomic mass is 9.79. The minimum absolute atomic E-state index is 0.0235. The number of ether oxygens (including phenoxy) is 4. The molecule has 1 aliphatic carbocycles. The van der Waals surface area contributed by atoms with Gasteiger partial charge in [0.15, 0.2) is 0 Å². The third kappa shape index (κ3) is 6.96. The van der Waals surface area contributed by atoms with Crippen LogP contribution in [0.25, 0.3) is 0 Å². The lowest BCUT2D eigenvalue weighted by molar-refractivity contribution is -0.166. The Hall–Kier alpha value is -4.11. The van der Waals surface area contributed by atoms with Gasteiger partial charge in [-0.2, -0.15) is 0 Å². The second-order valence-electron chi connectivity index (χ2n) is 12.3. The van der Waals surface area contributed by atoms with Gasteiger partial charge in [-0.3, -0.25) is 19.3 Å². The van der Waals surface area contributed by atoms with Gasteiger partial charge in [0.2, 0.25) is 25.4 Å². The van der Waals surface area contributed by atoms with E-state index < -0.39 is 72.8 Å². The van der Waals surface area contributed by atoms with E-state index >= 15 is 0 Å². The summed E-state index contributed by atoms with van der Waals surface area (Å²) in [5, 5.41) is 9.93. The number of β-lactam (4-membered cyclic amide) rings is 1. The monoisotopic (exact) mass is 673 g/mol. The first-order chi connectivity index (χ1) is 22.4. The highest BCUT2D eigenvalue weighted by Gasteiger charge is 2.60. The molecule has 3 unspecified atom stereocenters. The standard InChI is InChI=1S/C32H39N3O11S/c1-17-24-23(18(2)36)28(38)35(24)25(31(41)45-15-43-29(39)19-9-6-5-7-10-19)26(17)47-21-13-22(27(37)33(3)4)34(14-21)32(42)46-16-44-30(40)20-11-8-12-20/h5-7,9-10,17-18,20-24,36H,8,11-16H2,1-4H3/t17?,18-,21+,22+,23?,24?/m1/s1. The van der Waals surface area contributed by atoms with E-state index in [2.05, 4.69) is 0 Å². The van der Waals surface area contributed by atoms with Crippen LogP contribution in [0.5, 0.6) is 0 Å². The van der Waals surface area contributed by atoms with Crippen LogP contribution in [-0.4, -0.2) is 113 Å². The summed E-state index contributed by atoms with van der Waals surface area (Å²) in [6, 6.07) is 6.78. The summed E-state index contributed by atoms with van der Waals surface area (Å²) >= 11 is 1.25. The minimum Gasteiger partial charge on any atom is -0.428 e. The molecule has 2 saturated heterocycles. The number of carbonyl (C=O) groups is 6. The normalized spacial score (nSPS) is 25.7. The molecule has 15 heteroatoms. The van der Waals surface area contributed by atoms with Gasteiger partial charge >= 0.3 is 24.0 Å². The summed E-state index contributed by atoms with van der Waals surface area (Å²) in [7, 11) is 3.14. The number of esters is 3. The zero-order valence-electron chi connectivity index (χ0n) is 26.7. The molecule has 3 aliphatic heterocycles. The fourth-order valence-electron chi connectivity index (χ4n) is 6.31. The second kappa shape index (κ2) is 14.3. The van der Waals surface area contributed by atoms with E-state index in [0.717, 1.165) is 19.3 Å². The van der Waals surface area contributed by atoms with Crippen LogP contribution in [-0.2, 0) is 38.1 Å². The third-order valence-electron chi connectivity index (χ3n) is 9.03. The number of fused-ring (bicyclic) bond motifs is 1. The molecule has 3 fully saturated rings. The summed E-state index contributed by atoms with van der Waals surface area (Å²) in [6.07, 6.45) is 0.852. The lowest BCUT2D eigenvalue weighted by Gasteiger charge is -2.46. The summed E-state index contributed by atoms with van der Waals surface area (Å²) in [5.41, 5.74) is 0.249. The molecule has 254 valence electrons. The molecule has 1 aromatic rings. The Balaban J connectivity index is 1.30. The van der Waals surface area contributed by atoms with Crippen molar-refractivity contribution in [3.05, 3.63) is 46.5 Å². The molecule has 0 bridgehead atoms. The van der Waals surface area contributed by atoms with Crippen LogP contribution in [0.2, 0.25) is 0 Å². The number of aliphatic hydroxyl groups excluding tert-OH is 1. The van der Waals surface area contributed by atoms with Gasteiger partial charge in [-0.05, 0) is 38.3 Å². The van der Waals surface area contributed by atoms with E-state index in [1.807, 2.05) is 6.92 Å². The van der Waals surface area contributed by atoms with E-state index in [4.69, 9.17) is 18.9 Å². The van der Waals surface area contributed by atoms with Crippen LogP contribution in [0.3, 0.4) is 0 Å². The molecule has 47 heavy (non-hydrogen) atoms. The molecule has 1 N–H and O–H groups in total. The maximum Gasteiger partial charge on any atom is 0.413 e. The quantitative estimate of drug-likeness (QED) is 0.207. The molecule has 6 atom stereocenters. The summed E-state index contributed by atoms with van der Waals surface area (Å²) < 4.78 is 20.7. The van der Waals surface area contributed by atoms with Crippen molar-refractivity contribution in [3.8, 4) is 0 Å². The van der Waals surface area contributed by atoms with E-state index in [1.54, 1.807) is 44.4 Å². The Labute approximate surface area is 276 Å².